The van der Waals surface area contributed by atoms with Gasteiger partial charge in [-0.25, -0.2) is 4.79 Å². The van der Waals surface area contributed by atoms with E-state index in [1.807, 2.05) is 13.8 Å². The zero-order valence-electron chi connectivity index (χ0n) is 10.2. The highest BCUT2D eigenvalue weighted by molar-refractivity contribution is 8.00. The number of carboxylic acid groups (broad SMARTS) is 1. The van der Waals surface area contributed by atoms with Crippen molar-refractivity contribution in [2.45, 2.75) is 30.0 Å². The summed E-state index contributed by atoms with van der Waals surface area (Å²) in [6.07, 6.45) is 0. The molecule has 1 aliphatic heterocycles. The second-order valence-electron chi connectivity index (χ2n) is 4.58. The fraction of sp³-hybridized carbons (Fsp3) is 0.500. The molecule has 0 bridgehead atoms. The molecule has 2 unspecified atom stereocenters. The Morgan fingerprint density at radius 3 is 2.63 bits per heavy atom. The molecule has 0 amide bonds. The molecule has 2 rings (SSSR count). The summed E-state index contributed by atoms with van der Waals surface area (Å²) in [4.78, 5) is 21.0. The molecule has 2 atom stereocenters. The third kappa shape index (κ3) is 3.02. The molecule has 7 nitrogen and oxygen atoms in total. The van der Waals surface area contributed by atoms with E-state index in [1.165, 1.54) is 23.9 Å². The number of carbonyl (C=O) groups is 1. The van der Waals surface area contributed by atoms with E-state index in [0.29, 0.717) is 5.76 Å². The van der Waals surface area contributed by atoms with Crippen molar-refractivity contribution in [1.29, 1.82) is 0 Å². The minimum atomic E-state index is -0.893. The Hall–Kier alpha value is -1.25. The van der Waals surface area contributed by atoms with Gasteiger partial charge in [0.15, 0.2) is 17.2 Å². The summed E-state index contributed by atoms with van der Waals surface area (Å²) in [6, 6.07) is 2.20. The SMILES string of the molecule is CC1(C)SC(c2ccc([N+](=O)[O-])o2)[NH2+]C1C(=O)O.[Cl-]. The highest BCUT2D eigenvalue weighted by Gasteiger charge is 2.51. The smallest absolute Gasteiger partial charge is 0.433 e. The molecule has 0 aliphatic carbocycles. The number of halogens is 1. The number of rotatable bonds is 3. The van der Waals surface area contributed by atoms with Crippen molar-refractivity contribution in [2.24, 2.45) is 0 Å². The van der Waals surface area contributed by atoms with Gasteiger partial charge in [-0.2, -0.15) is 0 Å². The third-order valence-electron chi connectivity index (χ3n) is 2.89. The Kier molecular flexibility index (Phi) is 4.49. The van der Waals surface area contributed by atoms with Crippen LogP contribution in [0.3, 0.4) is 0 Å². The van der Waals surface area contributed by atoms with Crippen molar-refractivity contribution in [2.75, 3.05) is 0 Å². The summed E-state index contributed by atoms with van der Waals surface area (Å²) in [6.45, 7) is 3.68. The molecule has 0 radical (unpaired) electrons. The van der Waals surface area contributed by atoms with Crippen LogP contribution in [0.4, 0.5) is 5.88 Å². The molecular weight excluding hydrogens is 296 g/mol. The molecule has 1 aromatic heterocycles. The van der Waals surface area contributed by atoms with Gasteiger partial charge in [0.05, 0.1) is 10.8 Å². The second-order valence-corrected chi connectivity index (χ2v) is 6.38. The number of furan rings is 1. The maximum atomic E-state index is 11.1. The van der Waals surface area contributed by atoms with Crippen molar-refractivity contribution >= 4 is 23.6 Å². The minimum absolute atomic E-state index is 0. The Bertz CT molecular complexity index is 504. The van der Waals surface area contributed by atoms with Gasteiger partial charge < -0.3 is 27.2 Å². The number of hydrogen-bond donors (Lipinski definition) is 2. The van der Waals surface area contributed by atoms with Crippen molar-refractivity contribution in [1.82, 2.24) is 0 Å². The highest BCUT2D eigenvalue weighted by Crippen LogP contribution is 2.41. The van der Waals surface area contributed by atoms with Crippen molar-refractivity contribution in [3.63, 3.8) is 0 Å². The molecule has 3 N–H and O–H groups in total. The van der Waals surface area contributed by atoms with Crippen molar-refractivity contribution in [3.8, 4) is 0 Å². The van der Waals surface area contributed by atoms with Crippen LogP contribution in [0.25, 0.3) is 0 Å². The van der Waals surface area contributed by atoms with Gasteiger partial charge in [-0.3, -0.25) is 10.1 Å². The third-order valence-corrected chi connectivity index (χ3v) is 4.39. The lowest BCUT2D eigenvalue weighted by Gasteiger charge is -2.16. The Morgan fingerprint density at radius 2 is 2.21 bits per heavy atom. The average molecular weight is 309 g/mol. The molecule has 19 heavy (non-hydrogen) atoms. The van der Waals surface area contributed by atoms with Gasteiger partial charge in [-0.15, -0.1) is 0 Å². The first kappa shape index (κ1) is 15.8. The van der Waals surface area contributed by atoms with Crippen molar-refractivity contribution in [3.05, 3.63) is 28.0 Å². The predicted octanol–water partition coefficient (Wildman–Crippen LogP) is -2.27. The van der Waals surface area contributed by atoms with Gasteiger partial charge >= 0.3 is 11.9 Å². The molecular formula is C10H13ClN2O5S. The fourth-order valence-corrected chi connectivity index (χ4v) is 3.43. The van der Waals surface area contributed by atoms with Crippen LogP contribution in [-0.2, 0) is 4.79 Å². The monoisotopic (exact) mass is 308 g/mol. The lowest BCUT2D eigenvalue weighted by atomic mass is 10.0. The van der Waals surface area contributed by atoms with E-state index in [9.17, 15) is 14.9 Å². The van der Waals surface area contributed by atoms with E-state index >= 15 is 0 Å². The van der Waals surface area contributed by atoms with E-state index in [2.05, 4.69) is 0 Å². The van der Waals surface area contributed by atoms with Crippen LogP contribution < -0.4 is 17.7 Å². The van der Waals surface area contributed by atoms with Crippen LogP contribution in [0.1, 0.15) is 25.0 Å². The normalized spacial score (nSPS) is 24.7. The Morgan fingerprint density at radius 1 is 1.58 bits per heavy atom. The van der Waals surface area contributed by atoms with Crippen LogP contribution in [0, 0.1) is 10.1 Å². The van der Waals surface area contributed by atoms with E-state index in [1.54, 1.807) is 5.32 Å². The standard InChI is InChI=1S/C10H12N2O5S.ClH/c1-10(2)7(9(13)14)11-8(18-10)5-3-4-6(17-5)12(15)16;/h3-4,7-8,11H,1-2H3,(H,13,14);1H. The highest BCUT2D eigenvalue weighted by atomic mass is 35.5. The summed E-state index contributed by atoms with van der Waals surface area (Å²) in [7, 11) is 0. The lowest BCUT2D eigenvalue weighted by Crippen LogP contribution is -3.00. The number of nitrogens with two attached hydrogens (primary N) is 1. The van der Waals surface area contributed by atoms with E-state index in [-0.39, 0.29) is 23.7 Å². The number of carboxylic acids is 1. The van der Waals surface area contributed by atoms with Gasteiger partial charge in [-0.1, -0.05) is 11.8 Å². The number of quaternary nitrogens is 1. The molecule has 1 aromatic rings. The molecule has 2 heterocycles. The number of nitro groups is 1. The second kappa shape index (κ2) is 5.40. The van der Waals surface area contributed by atoms with Gasteiger partial charge in [0.25, 0.3) is 0 Å². The largest absolute Gasteiger partial charge is 1.00 e. The predicted molar refractivity (Wildman–Crippen MR) is 63.1 cm³/mol. The number of nitrogens with zero attached hydrogens (tertiary/aromatic N) is 1. The molecule has 9 heteroatoms. The van der Waals surface area contributed by atoms with Gasteiger partial charge in [0.2, 0.25) is 0 Å². The van der Waals surface area contributed by atoms with Crippen LogP contribution in [0.2, 0.25) is 0 Å². The molecule has 0 saturated carbocycles. The first-order valence-electron chi connectivity index (χ1n) is 5.31. The van der Waals surface area contributed by atoms with E-state index < -0.39 is 21.7 Å². The average Bonchev–Trinajstić information content (AvgIpc) is 2.81. The fourth-order valence-electron chi connectivity index (χ4n) is 1.97. The summed E-state index contributed by atoms with van der Waals surface area (Å²) >= 11 is 1.43. The molecule has 1 saturated heterocycles. The van der Waals surface area contributed by atoms with Gasteiger partial charge in [-0.05, 0) is 19.9 Å². The number of hydrogen-bond acceptors (Lipinski definition) is 5. The Balaban J connectivity index is 0.00000180. The summed E-state index contributed by atoms with van der Waals surface area (Å²) in [5.41, 5.74) is 0. The quantitative estimate of drug-likeness (QED) is 0.481. The molecule has 106 valence electrons. The van der Waals surface area contributed by atoms with Crippen LogP contribution in [-0.4, -0.2) is 26.8 Å². The summed E-state index contributed by atoms with van der Waals surface area (Å²) < 4.78 is 4.65. The minimum Gasteiger partial charge on any atom is -1.00 e. The van der Waals surface area contributed by atoms with Crippen LogP contribution >= 0.6 is 11.8 Å². The maximum Gasteiger partial charge on any atom is 0.433 e. The summed E-state index contributed by atoms with van der Waals surface area (Å²) in [5.74, 6) is -0.796. The maximum absolute atomic E-state index is 11.1. The molecule has 0 spiro atoms. The first-order chi connectivity index (χ1) is 8.31. The molecule has 1 aliphatic rings. The summed E-state index contributed by atoms with van der Waals surface area (Å²) in [5, 5.41) is 21.0. The Labute approximate surface area is 119 Å². The lowest BCUT2D eigenvalue weighted by molar-refractivity contribution is -0.692. The van der Waals surface area contributed by atoms with Crippen molar-refractivity contribution < 1.29 is 37.0 Å². The zero-order valence-corrected chi connectivity index (χ0v) is 11.8. The van der Waals surface area contributed by atoms with E-state index in [0.717, 1.165) is 0 Å². The topological polar surface area (TPSA) is 110 Å². The molecule has 1 fully saturated rings. The van der Waals surface area contributed by atoms with Crippen LogP contribution in [0.5, 0.6) is 0 Å². The van der Waals surface area contributed by atoms with Crippen LogP contribution in [0.15, 0.2) is 16.5 Å². The van der Waals surface area contributed by atoms with Gasteiger partial charge in [0.1, 0.15) is 4.92 Å². The zero-order chi connectivity index (χ0) is 13.5. The van der Waals surface area contributed by atoms with E-state index in [4.69, 9.17) is 9.52 Å². The molecule has 0 aromatic carbocycles. The number of aliphatic carboxylic acids is 1. The number of thioether (sulfide) groups is 1. The van der Waals surface area contributed by atoms with Gasteiger partial charge in [0, 0.05) is 0 Å². The first-order valence-corrected chi connectivity index (χ1v) is 6.19.